The van der Waals surface area contributed by atoms with E-state index in [2.05, 4.69) is 63.2 Å². The summed E-state index contributed by atoms with van der Waals surface area (Å²) in [6.07, 6.45) is 20.2. The molecule has 3 saturated heterocycles. The smallest absolute Gasteiger partial charge is 0.222 e. The first kappa shape index (κ1) is 65.9. The number of aromatic nitrogens is 11. The fraction of sp³-hybridized carbons (Fsp3) is 0.261. The molecule has 0 aliphatic carbocycles. The summed E-state index contributed by atoms with van der Waals surface area (Å²) < 4.78 is 35.8. The zero-order valence-corrected chi connectivity index (χ0v) is 52.8. The maximum Gasteiger partial charge on any atom is 0.222 e. The van der Waals surface area contributed by atoms with E-state index in [1.165, 1.54) is 6.20 Å². The van der Waals surface area contributed by atoms with Crippen LogP contribution in [0.3, 0.4) is 0 Å². The molecule has 24 heteroatoms. The van der Waals surface area contributed by atoms with E-state index in [9.17, 15) is 15.8 Å². The van der Waals surface area contributed by atoms with Crippen molar-refractivity contribution in [3.05, 3.63) is 214 Å². The molecule has 3 fully saturated rings. The quantitative estimate of drug-likeness (QED) is 0.0781. The first-order chi connectivity index (χ1) is 45.4. The monoisotopic (exact) mass is 1300 g/mol. The summed E-state index contributed by atoms with van der Waals surface area (Å²) in [7, 11) is 1.88. The van der Waals surface area contributed by atoms with E-state index >= 15 is 0 Å². The first-order valence-electron chi connectivity index (χ1n) is 29.8. The number of aryl methyl sites for hydroxylation is 1. The Hall–Kier alpha value is -10.0. The van der Waals surface area contributed by atoms with Crippen LogP contribution in [0.4, 0.5) is 5.69 Å². The predicted molar refractivity (Wildman–Crippen MR) is 350 cm³/mol. The number of pyridine rings is 3. The number of hydrogen-bond acceptors (Lipinski definition) is 20. The molecule has 0 amide bonds. The summed E-state index contributed by atoms with van der Waals surface area (Å²) >= 11 is 17.1. The van der Waals surface area contributed by atoms with E-state index in [4.69, 9.17) is 73.9 Å². The molecule has 21 nitrogen and oxygen atoms in total. The minimum atomic E-state index is 0.0792. The van der Waals surface area contributed by atoms with Crippen molar-refractivity contribution >= 4 is 40.5 Å². The van der Waals surface area contributed by atoms with E-state index < -0.39 is 0 Å². The summed E-state index contributed by atoms with van der Waals surface area (Å²) in [6.45, 7) is 4.16. The van der Waals surface area contributed by atoms with Crippen LogP contribution in [0.25, 0.3) is 45.0 Å². The Morgan fingerprint density at radius 3 is 1.25 bits per heavy atom. The molecule has 10 aromatic rings. The first-order valence-corrected chi connectivity index (χ1v) is 31.0. The molecule has 0 bridgehead atoms. The molecule has 93 heavy (non-hydrogen) atoms. The Morgan fingerprint density at radius 2 is 0.882 bits per heavy atom. The number of nitrogen functional groups attached to an aromatic ring is 1. The summed E-state index contributed by atoms with van der Waals surface area (Å²) in [5.41, 5.74) is 16.0. The molecule has 2 N–H and O–H groups in total. The zero-order chi connectivity index (χ0) is 64.7. The van der Waals surface area contributed by atoms with Crippen LogP contribution in [-0.4, -0.2) is 113 Å². The second kappa shape index (κ2) is 33.3. The molecule has 7 aromatic heterocycles. The van der Waals surface area contributed by atoms with Crippen LogP contribution in [0, 0.1) is 34.0 Å². The van der Waals surface area contributed by atoms with E-state index in [0.29, 0.717) is 120 Å². The summed E-state index contributed by atoms with van der Waals surface area (Å²) in [4.78, 5) is 38.5. The lowest BCUT2D eigenvalue weighted by Gasteiger charge is -2.23. The number of ether oxygens (including phenoxy) is 6. The molecule has 0 saturated carbocycles. The van der Waals surface area contributed by atoms with Gasteiger partial charge in [0, 0.05) is 118 Å². The minimum absolute atomic E-state index is 0.0792. The number of nitriles is 3. The number of hydrogen-bond donors (Lipinski definition) is 1. The van der Waals surface area contributed by atoms with Crippen LogP contribution in [0.1, 0.15) is 78.0 Å². The molecule has 0 spiro atoms. The largest absolute Gasteiger partial charge is 0.489 e. The van der Waals surface area contributed by atoms with Gasteiger partial charge in [0.1, 0.15) is 75.7 Å². The van der Waals surface area contributed by atoms with E-state index in [1.54, 1.807) is 72.1 Å². The molecule has 0 radical (unpaired) electrons. The van der Waals surface area contributed by atoms with Gasteiger partial charge < -0.3 is 34.2 Å². The van der Waals surface area contributed by atoms with Gasteiger partial charge in [-0.2, -0.15) is 20.9 Å². The fourth-order valence-corrected chi connectivity index (χ4v) is 10.2. The van der Waals surface area contributed by atoms with E-state index in [1.807, 2.05) is 92.2 Å². The number of rotatable bonds is 14. The minimum Gasteiger partial charge on any atom is -0.489 e. The second-order valence-corrected chi connectivity index (χ2v) is 22.5. The van der Waals surface area contributed by atoms with Gasteiger partial charge in [0.15, 0.2) is 0 Å². The maximum absolute atomic E-state index is 9.68. The van der Waals surface area contributed by atoms with Crippen molar-refractivity contribution in [3.63, 3.8) is 0 Å². The number of nitrogens with zero attached hydrogens (tertiary/aromatic N) is 14. The highest BCUT2D eigenvalue weighted by molar-refractivity contribution is 6.29. The van der Waals surface area contributed by atoms with Crippen LogP contribution in [0.5, 0.6) is 17.2 Å². The van der Waals surface area contributed by atoms with Crippen molar-refractivity contribution in [2.75, 3.05) is 45.4 Å². The van der Waals surface area contributed by atoms with Gasteiger partial charge in [-0.1, -0.05) is 35.3 Å². The number of benzene rings is 3. The molecule has 3 aromatic carbocycles. The van der Waals surface area contributed by atoms with Gasteiger partial charge in [0.2, 0.25) is 5.28 Å². The maximum atomic E-state index is 9.68. The Morgan fingerprint density at radius 1 is 0.462 bits per heavy atom. The normalized spacial score (nSPS) is 14.0. The van der Waals surface area contributed by atoms with Crippen molar-refractivity contribution in [3.8, 4) is 80.5 Å². The third-order valence-electron chi connectivity index (χ3n) is 14.7. The molecule has 10 heterocycles. The molecule has 470 valence electrons. The van der Waals surface area contributed by atoms with Gasteiger partial charge in [-0.3, -0.25) is 9.67 Å². The van der Waals surface area contributed by atoms with Gasteiger partial charge in [0.25, 0.3) is 0 Å². The number of anilines is 1. The van der Waals surface area contributed by atoms with Crippen molar-refractivity contribution in [2.45, 2.75) is 69.7 Å². The highest BCUT2D eigenvalue weighted by Crippen LogP contribution is 2.32. The van der Waals surface area contributed by atoms with Crippen LogP contribution in [-0.2, 0) is 34.1 Å². The van der Waals surface area contributed by atoms with Crippen LogP contribution < -0.4 is 19.9 Å². The van der Waals surface area contributed by atoms with Crippen LogP contribution in [0.15, 0.2) is 159 Å². The van der Waals surface area contributed by atoms with Gasteiger partial charge in [-0.05, 0) is 120 Å². The highest BCUT2D eigenvalue weighted by Gasteiger charge is 2.21. The molecule has 3 aliphatic heterocycles. The van der Waals surface area contributed by atoms with Crippen molar-refractivity contribution in [1.82, 2.24) is 54.6 Å². The van der Waals surface area contributed by atoms with E-state index in [0.717, 1.165) is 89.0 Å². The van der Waals surface area contributed by atoms with E-state index in [-0.39, 0.29) is 23.6 Å². The lowest BCUT2D eigenvalue weighted by Crippen LogP contribution is -2.26. The molecule has 0 atom stereocenters. The number of nitrogens with two attached hydrogens (primary N) is 1. The lowest BCUT2D eigenvalue weighted by molar-refractivity contribution is 0.0252. The Labute approximate surface area is 552 Å². The predicted octanol–water partition coefficient (Wildman–Crippen LogP) is 12.7. The van der Waals surface area contributed by atoms with Gasteiger partial charge in [0.05, 0.1) is 97.2 Å². The molecule has 13 rings (SSSR count). The second-order valence-electron chi connectivity index (χ2n) is 21.4. The molecular weight excluding hydrogens is 1240 g/mol. The summed E-state index contributed by atoms with van der Waals surface area (Å²) in [5.74, 6) is 3.16. The molecule has 0 unspecified atom stereocenters. The average molecular weight is 1300 g/mol. The molecular formula is C69H62Cl3N15O6. The molecule has 3 aliphatic rings. The van der Waals surface area contributed by atoms with Gasteiger partial charge in [-0.25, -0.2) is 39.9 Å². The fourth-order valence-electron chi connectivity index (χ4n) is 9.86. The Kier molecular flexibility index (Phi) is 23.6. The SMILES string of the molecule is Cn1cc(-c2ccc(Cc3nccc(-c4ccc(OC5CCOCC5)c(C#N)c4)n3)cn2)cn1.N#Cc1cc(-c2ccnc(Cc3ccc(Cl)nc3)n2)ccc1OC1CCOCC1.N#Cc1cc(-c2ccnc(Cl)n2)ccc1OC1CCOCC1.Nc1ccc(Cl)nc1. The number of halogens is 3. The van der Waals surface area contributed by atoms with Gasteiger partial charge in [-0.15, -0.1) is 0 Å². The van der Waals surface area contributed by atoms with Crippen LogP contribution in [0.2, 0.25) is 15.6 Å². The topological polar surface area (TPSA) is 287 Å². The Balaban J connectivity index is 0.000000146. The lowest BCUT2D eigenvalue weighted by atomic mass is 10.1. The van der Waals surface area contributed by atoms with Gasteiger partial charge >= 0.3 is 0 Å². The summed E-state index contributed by atoms with van der Waals surface area (Å²) in [5, 5.41) is 33.9. The van der Waals surface area contributed by atoms with Crippen molar-refractivity contribution < 1.29 is 28.4 Å². The standard InChI is InChI=1S/C26H24N6O2.C22H19ClN4O2.C16H14ClN3O2.C5H5ClN2/c1-32-17-21(16-30-32)23-4-2-18(15-29-23)12-26-28-9-6-24(31-26)19-3-5-25(20(13-19)14-27)34-22-7-10-33-11-8-22;23-21-4-1-15(14-26-21)11-22-25-8-5-19(27-22)16-2-3-20(17(12-16)13-24)29-18-6-9-28-10-7-18;17-16-19-6-3-14(20-16)11-1-2-15(12(9-11)10-18)22-13-4-7-21-8-5-13;6-5-2-1-4(7)3-8-5/h2-6,9,13,15-17,22H,7-8,10-12H2,1H3;1-5,8,12,14,18H,6-7,9-11H2;1-3,6,9,13H,4-5,7-8H2;1-3H,7H2. The van der Waals surface area contributed by atoms with Crippen molar-refractivity contribution in [1.29, 1.82) is 15.8 Å². The Bertz CT molecular complexity index is 4200. The third kappa shape index (κ3) is 19.5. The highest BCUT2D eigenvalue weighted by atomic mass is 35.5. The summed E-state index contributed by atoms with van der Waals surface area (Å²) in [6, 6.07) is 39.7. The average Bonchev–Trinajstić information content (AvgIpc) is 1.39. The van der Waals surface area contributed by atoms with Crippen molar-refractivity contribution in [2.24, 2.45) is 7.05 Å². The third-order valence-corrected chi connectivity index (χ3v) is 15.3. The zero-order valence-electron chi connectivity index (χ0n) is 50.6. The van der Waals surface area contributed by atoms with Crippen LogP contribution >= 0.6 is 34.8 Å².